The third-order valence-corrected chi connectivity index (χ3v) is 4.46. The summed E-state index contributed by atoms with van der Waals surface area (Å²) in [7, 11) is 0.583. The van der Waals surface area contributed by atoms with Gasteiger partial charge in [-0.3, -0.25) is 4.79 Å². The van der Waals surface area contributed by atoms with E-state index in [0.29, 0.717) is 40.7 Å². The molecule has 8 nitrogen and oxygen atoms in total. The fraction of sp³-hybridized carbons (Fsp3) is 0.167. The van der Waals surface area contributed by atoms with Crippen molar-refractivity contribution in [1.82, 2.24) is 14.8 Å². The normalized spacial score (nSPS) is 12.8. The fourth-order valence-corrected chi connectivity index (χ4v) is 2.99. The number of hydrogen-bond acceptors (Lipinski definition) is 6. The van der Waals surface area contributed by atoms with E-state index in [1.807, 2.05) is 6.07 Å². The smallest absolute Gasteiger partial charge is 0.481 e. The van der Waals surface area contributed by atoms with E-state index in [1.54, 1.807) is 49.0 Å². The van der Waals surface area contributed by atoms with Gasteiger partial charge >= 0.3 is 7.12 Å². The van der Waals surface area contributed by atoms with Crippen LogP contribution in [-0.2, 0) is 11.3 Å². The Kier molecular flexibility index (Phi) is 4.39. The average molecular weight is 364 g/mol. The molecular formula is C18H17BN4O4. The quantitative estimate of drug-likeness (QED) is 0.672. The first-order chi connectivity index (χ1) is 13.1. The van der Waals surface area contributed by atoms with Crippen molar-refractivity contribution in [2.45, 2.75) is 13.5 Å². The third-order valence-electron chi connectivity index (χ3n) is 4.46. The van der Waals surface area contributed by atoms with Crippen molar-refractivity contribution in [3.8, 4) is 11.7 Å². The molecule has 0 bridgehead atoms. The molecule has 27 heavy (non-hydrogen) atoms. The molecule has 2 aromatic heterocycles. The summed E-state index contributed by atoms with van der Waals surface area (Å²) in [5.41, 5.74) is 3.24. The van der Waals surface area contributed by atoms with Crippen molar-refractivity contribution in [3.05, 3.63) is 59.4 Å². The summed E-state index contributed by atoms with van der Waals surface area (Å²) in [5, 5.41) is 16.9. The number of aromatic nitrogens is 3. The van der Waals surface area contributed by atoms with E-state index in [0.717, 1.165) is 5.56 Å². The maximum atomic E-state index is 12.7. The molecule has 136 valence electrons. The molecule has 0 aliphatic carbocycles. The third kappa shape index (κ3) is 3.18. The maximum absolute atomic E-state index is 12.7. The monoisotopic (exact) mass is 364 g/mol. The number of anilines is 1. The molecule has 0 saturated carbocycles. The van der Waals surface area contributed by atoms with E-state index in [9.17, 15) is 9.82 Å². The van der Waals surface area contributed by atoms with Gasteiger partial charge in [0.05, 0.1) is 31.2 Å². The van der Waals surface area contributed by atoms with E-state index >= 15 is 0 Å². The predicted octanol–water partition coefficient (Wildman–Crippen LogP) is 1.05. The number of nitrogens with one attached hydrogen (secondary N) is 1. The number of nitrogens with zero attached hydrogens (tertiary/aromatic N) is 3. The average Bonchev–Trinajstić information content (AvgIpc) is 3.25. The van der Waals surface area contributed by atoms with Crippen LogP contribution < -0.4 is 15.5 Å². The SMILES string of the molecule is COc1cccc(-n2ncc(C(=O)Nc3ccc4c(c3)B(O)OC4)c2C)n1. The van der Waals surface area contributed by atoms with Crippen LogP contribution in [0, 0.1) is 6.92 Å². The van der Waals surface area contributed by atoms with Crippen LogP contribution in [0.5, 0.6) is 5.88 Å². The second kappa shape index (κ2) is 6.86. The van der Waals surface area contributed by atoms with Gasteiger partial charge in [0.1, 0.15) is 0 Å². The van der Waals surface area contributed by atoms with Gasteiger partial charge in [0, 0.05) is 11.8 Å². The van der Waals surface area contributed by atoms with Gasteiger partial charge in [-0.2, -0.15) is 10.1 Å². The zero-order valence-corrected chi connectivity index (χ0v) is 14.8. The Morgan fingerprint density at radius 3 is 3.04 bits per heavy atom. The first kappa shape index (κ1) is 17.3. The standard InChI is InChI=1S/C18H17BN4O4/c1-11-14(9-20-23(11)16-4-3-5-17(22-16)26-2)18(24)21-13-7-6-12-10-27-19(25)15(12)8-13/h3-9,25H,10H2,1-2H3,(H,21,24). The van der Waals surface area contributed by atoms with E-state index in [1.165, 1.54) is 6.20 Å². The van der Waals surface area contributed by atoms with Gasteiger partial charge in [-0.25, -0.2) is 4.68 Å². The van der Waals surface area contributed by atoms with E-state index in [-0.39, 0.29) is 5.91 Å². The first-order valence-corrected chi connectivity index (χ1v) is 8.36. The highest BCUT2D eigenvalue weighted by molar-refractivity contribution is 6.61. The molecule has 1 amide bonds. The van der Waals surface area contributed by atoms with Crippen LogP contribution in [-0.4, -0.2) is 39.9 Å². The Hall–Kier alpha value is -3.17. The molecule has 0 radical (unpaired) electrons. The number of amides is 1. The van der Waals surface area contributed by atoms with Crippen molar-refractivity contribution >= 4 is 24.2 Å². The summed E-state index contributed by atoms with van der Waals surface area (Å²) < 4.78 is 11.9. The summed E-state index contributed by atoms with van der Waals surface area (Å²) in [5.74, 6) is 0.728. The van der Waals surface area contributed by atoms with Gasteiger partial charge in [0.25, 0.3) is 5.91 Å². The number of carbonyl (C=O) groups is 1. The Labute approximate surface area is 155 Å². The Morgan fingerprint density at radius 2 is 2.22 bits per heavy atom. The molecule has 9 heteroatoms. The summed E-state index contributed by atoms with van der Waals surface area (Å²) in [6.45, 7) is 2.16. The lowest BCUT2D eigenvalue weighted by Crippen LogP contribution is -2.28. The van der Waals surface area contributed by atoms with Crippen molar-refractivity contribution in [2.75, 3.05) is 12.4 Å². The number of ether oxygens (including phenoxy) is 1. The summed E-state index contributed by atoms with van der Waals surface area (Å²) >= 11 is 0. The molecule has 0 unspecified atom stereocenters. The Morgan fingerprint density at radius 1 is 1.37 bits per heavy atom. The minimum absolute atomic E-state index is 0.296. The number of pyridine rings is 1. The molecule has 1 aliphatic rings. The molecule has 0 saturated heterocycles. The van der Waals surface area contributed by atoms with Crippen LogP contribution in [0.25, 0.3) is 5.82 Å². The predicted molar refractivity (Wildman–Crippen MR) is 99.4 cm³/mol. The van der Waals surface area contributed by atoms with Crippen LogP contribution >= 0.6 is 0 Å². The second-order valence-corrected chi connectivity index (χ2v) is 6.12. The minimum atomic E-state index is -0.958. The van der Waals surface area contributed by atoms with Gasteiger partial charge in [0.2, 0.25) is 5.88 Å². The van der Waals surface area contributed by atoms with Crippen molar-refractivity contribution in [3.63, 3.8) is 0 Å². The minimum Gasteiger partial charge on any atom is -0.481 e. The fourth-order valence-electron chi connectivity index (χ4n) is 2.99. The lowest BCUT2D eigenvalue weighted by atomic mass is 9.79. The van der Waals surface area contributed by atoms with Gasteiger partial charge in [0.15, 0.2) is 5.82 Å². The number of rotatable bonds is 4. The molecule has 0 spiro atoms. The molecule has 0 atom stereocenters. The molecule has 2 N–H and O–H groups in total. The van der Waals surface area contributed by atoms with Gasteiger partial charge in [-0.1, -0.05) is 12.1 Å². The van der Waals surface area contributed by atoms with Crippen molar-refractivity contribution in [2.24, 2.45) is 0 Å². The van der Waals surface area contributed by atoms with E-state index in [2.05, 4.69) is 15.4 Å². The highest BCUT2D eigenvalue weighted by atomic mass is 16.5. The molecule has 1 aromatic carbocycles. The van der Waals surface area contributed by atoms with E-state index < -0.39 is 7.12 Å². The molecule has 3 aromatic rings. The summed E-state index contributed by atoms with van der Waals surface area (Å²) in [6, 6.07) is 10.7. The molecule has 4 rings (SSSR count). The second-order valence-electron chi connectivity index (χ2n) is 6.12. The van der Waals surface area contributed by atoms with Crippen molar-refractivity contribution in [1.29, 1.82) is 0 Å². The van der Waals surface area contributed by atoms with Crippen LogP contribution in [0.15, 0.2) is 42.6 Å². The highest BCUT2D eigenvalue weighted by Gasteiger charge is 2.27. The number of carbonyl (C=O) groups excluding carboxylic acids is 1. The molecule has 0 fully saturated rings. The van der Waals surface area contributed by atoms with Crippen molar-refractivity contribution < 1.29 is 19.2 Å². The summed E-state index contributed by atoms with van der Waals surface area (Å²) in [6.07, 6.45) is 1.50. The molecule has 3 heterocycles. The van der Waals surface area contributed by atoms with Crippen LogP contribution in [0.1, 0.15) is 21.6 Å². The number of fused-ring (bicyclic) bond motifs is 1. The number of hydrogen-bond donors (Lipinski definition) is 2. The van der Waals surface area contributed by atoms with Crippen LogP contribution in [0.4, 0.5) is 5.69 Å². The van der Waals surface area contributed by atoms with Crippen LogP contribution in [0.3, 0.4) is 0 Å². The largest absolute Gasteiger partial charge is 0.491 e. The zero-order valence-electron chi connectivity index (χ0n) is 14.8. The number of methoxy groups -OCH3 is 1. The Balaban J connectivity index is 1.58. The van der Waals surface area contributed by atoms with Gasteiger partial charge in [-0.15, -0.1) is 0 Å². The highest BCUT2D eigenvalue weighted by Crippen LogP contribution is 2.18. The Bertz CT molecular complexity index is 1020. The van der Waals surface area contributed by atoms with Crippen LogP contribution in [0.2, 0.25) is 0 Å². The maximum Gasteiger partial charge on any atom is 0.491 e. The number of benzene rings is 1. The van der Waals surface area contributed by atoms with Gasteiger partial charge in [-0.05, 0) is 36.1 Å². The zero-order chi connectivity index (χ0) is 19.0. The topological polar surface area (TPSA) is 98.5 Å². The van der Waals surface area contributed by atoms with E-state index in [4.69, 9.17) is 9.39 Å². The molecular weight excluding hydrogens is 347 g/mol. The first-order valence-electron chi connectivity index (χ1n) is 8.36. The summed E-state index contributed by atoms with van der Waals surface area (Å²) in [4.78, 5) is 17.0. The van der Waals surface area contributed by atoms with Gasteiger partial charge < -0.3 is 19.7 Å². The lowest BCUT2D eigenvalue weighted by molar-refractivity contribution is 0.102. The lowest BCUT2D eigenvalue weighted by Gasteiger charge is -2.08. The molecule has 1 aliphatic heterocycles.